The predicted molar refractivity (Wildman–Crippen MR) is 79.0 cm³/mol. The summed E-state index contributed by atoms with van der Waals surface area (Å²) >= 11 is 0. The van der Waals surface area contributed by atoms with Crippen LogP contribution < -0.4 is 5.73 Å². The average molecular weight is 287 g/mol. The first-order valence-electron chi connectivity index (χ1n) is 6.67. The van der Waals surface area contributed by atoms with Gasteiger partial charge in [-0.25, -0.2) is 0 Å². The third-order valence-corrected chi connectivity index (χ3v) is 3.55. The van der Waals surface area contributed by atoms with Crippen LogP contribution in [0.2, 0.25) is 0 Å². The molecular weight excluding hydrogens is 270 g/mol. The van der Waals surface area contributed by atoms with Crippen molar-refractivity contribution in [3.8, 4) is 0 Å². The summed E-state index contributed by atoms with van der Waals surface area (Å²) in [7, 11) is 0. The highest BCUT2D eigenvalue weighted by molar-refractivity contribution is 5.86. The molecule has 5 heteroatoms. The zero-order chi connectivity index (χ0) is 15.4. The zero-order valence-electron chi connectivity index (χ0n) is 11.4. The Bertz CT molecular complexity index is 663. The lowest BCUT2D eigenvalue weighted by Gasteiger charge is -2.16. The van der Waals surface area contributed by atoms with Gasteiger partial charge in [0, 0.05) is 0 Å². The number of aliphatic carboxylic acids is 2. The van der Waals surface area contributed by atoms with Gasteiger partial charge in [0.05, 0.1) is 5.92 Å². The number of fused-ring (bicyclic) bond motifs is 1. The van der Waals surface area contributed by atoms with Gasteiger partial charge in [0.2, 0.25) is 0 Å². The second-order valence-electron chi connectivity index (χ2n) is 5.06. The molecular formula is C16H17NO4. The second-order valence-corrected chi connectivity index (χ2v) is 5.06. The van der Waals surface area contributed by atoms with Crippen molar-refractivity contribution in [3.05, 3.63) is 48.0 Å². The van der Waals surface area contributed by atoms with Gasteiger partial charge in [0.1, 0.15) is 6.04 Å². The maximum Gasteiger partial charge on any atom is 0.320 e. The Labute approximate surface area is 122 Å². The molecule has 2 aromatic carbocycles. The summed E-state index contributed by atoms with van der Waals surface area (Å²) in [6.45, 7) is 0. The molecule has 1 unspecified atom stereocenters. The van der Waals surface area contributed by atoms with Crippen molar-refractivity contribution in [1.82, 2.24) is 0 Å². The maximum absolute atomic E-state index is 11.3. The van der Waals surface area contributed by atoms with Gasteiger partial charge in [-0.2, -0.15) is 0 Å². The molecule has 0 saturated carbocycles. The first-order valence-corrected chi connectivity index (χ1v) is 6.67. The summed E-state index contributed by atoms with van der Waals surface area (Å²) < 4.78 is 0. The fourth-order valence-electron chi connectivity index (χ4n) is 2.41. The summed E-state index contributed by atoms with van der Waals surface area (Å²) in [6, 6.07) is 12.2. The van der Waals surface area contributed by atoms with Crippen LogP contribution in [0.5, 0.6) is 0 Å². The van der Waals surface area contributed by atoms with Crippen molar-refractivity contribution < 1.29 is 19.8 Å². The monoisotopic (exact) mass is 287 g/mol. The van der Waals surface area contributed by atoms with Crippen molar-refractivity contribution in [3.63, 3.8) is 0 Å². The standard InChI is InChI=1S/C16H17NO4/c17-14(16(20)21)9-12(15(18)19)8-11-6-3-5-10-4-1-2-7-13(10)11/h1-7,12,14H,8-9,17H2,(H,18,19)(H,20,21)/t12?,14-/m1/s1. The number of rotatable bonds is 6. The van der Waals surface area contributed by atoms with Gasteiger partial charge in [-0.15, -0.1) is 0 Å². The fourth-order valence-corrected chi connectivity index (χ4v) is 2.41. The molecule has 0 aliphatic carbocycles. The molecule has 2 rings (SSSR count). The Hall–Kier alpha value is -2.40. The van der Waals surface area contributed by atoms with E-state index in [1.54, 1.807) is 0 Å². The van der Waals surface area contributed by atoms with E-state index in [9.17, 15) is 14.7 Å². The van der Waals surface area contributed by atoms with E-state index >= 15 is 0 Å². The molecule has 0 aromatic heterocycles. The van der Waals surface area contributed by atoms with Gasteiger partial charge >= 0.3 is 11.9 Å². The third-order valence-electron chi connectivity index (χ3n) is 3.55. The third kappa shape index (κ3) is 3.58. The number of carboxylic acids is 2. The van der Waals surface area contributed by atoms with Crippen LogP contribution in [0.15, 0.2) is 42.5 Å². The van der Waals surface area contributed by atoms with E-state index < -0.39 is 23.9 Å². The van der Waals surface area contributed by atoms with E-state index in [4.69, 9.17) is 10.8 Å². The van der Waals surface area contributed by atoms with Gasteiger partial charge in [0.15, 0.2) is 0 Å². The minimum Gasteiger partial charge on any atom is -0.481 e. The summed E-state index contributed by atoms with van der Waals surface area (Å²) in [5, 5.41) is 20.1. The van der Waals surface area contributed by atoms with Crippen LogP contribution >= 0.6 is 0 Å². The molecule has 0 aliphatic rings. The van der Waals surface area contributed by atoms with E-state index in [1.807, 2.05) is 42.5 Å². The smallest absolute Gasteiger partial charge is 0.320 e. The molecule has 0 bridgehead atoms. The van der Waals surface area contributed by atoms with Crippen molar-refractivity contribution in [2.75, 3.05) is 0 Å². The molecule has 0 fully saturated rings. The topological polar surface area (TPSA) is 101 Å². The van der Waals surface area contributed by atoms with Crippen LogP contribution in [0.1, 0.15) is 12.0 Å². The van der Waals surface area contributed by atoms with Gasteiger partial charge in [-0.05, 0) is 29.2 Å². The highest BCUT2D eigenvalue weighted by atomic mass is 16.4. The molecule has 0 amide bonds. The van der Waals surface area contributed by atoms with E-state index in [1.165, 1.54) is 0 Å². The van der Waals surface area contributed by atoms with Crippen molar-refractivity contribution in [2.45, 2.75) is 18.9 Å². The van der Waals surface area contributed by atoms with E-state index in [-0.39, 0.29) is 12.8 Å². The molecule has 0 radical (unpaired) electrons. The van der Waals surface area contributed by atoms with E-state index in [0.717, 1.165) is 16.3 Å². The molecule has 0 aliphatic heterocycles. The molecule has 21 heavy (non-hydrogen) atoms. The zero-order valence-corrected chi connectivity index (χ0v) is 11.4. The molecule has 5 nitrogen and oxygen atoms in total. The fraction of sp³-hybridized carbons (Fsp3) is 0.250. The SMILES string of the molecule is N[C@H](CC(Cc1cccc2ccccc12)C(=O)O)C(=O)O. The van der Waals surface area contributed by atoms with Crippen LogP contribution in [0.4, 0.5) is 0 Å². The predicted octanol–water partition coefficient (Wildman–Crippen LogP) is 1.89. The maximum atomic E-state index is 11.3. The van der Waals surface area contributed by atoms with Gasteiger partial charge in [0.25, 0.3) is 0 Å². The lowest BCUT2D eigenvalue weighted by atomic mass is 9.90. The van der Waals surface area contributed by atoms with Crippen molar-refractivity contribution >= 4 is 22.7 Å². The van der Waals surface area contributed by atoms with E-state index in [0.29, 0.717) is 0 Å². The number of benzene rings is 2. The molecule has 2 aromatic rings. The number of hydrogen-bond donors (Lipinski definition) is 3. The highest BCUT2D eigenvalue weighted by Gasteiger charge is 2.25. The van der Waals surface area contributed by atoms with Crippen LogP contribution in [0, 0.1) is 5.92 Å². The number of carbonyl (C=O) groups is 2. The lowest BCUT2D eigenvalue weighted by Crippen LogP contribution is -2.35. The van der Waals surface area contributed by atoms with E-state index in [2.05, 4.69) is 0 Å². The minimum absolute atomic E-state index is 0.0894. The second kappa shape index (κ2) is 6.37. The Balaban J connectivity index is 2.27. The molecule has 0 spiro atoms. The van der Waals surface area contributed by atoms with Gasteiger partial charge in [-0.1, -0.05) is 42.5 Å². The Morgan fingerprint density at radius 1 is 1.00 bits per heavy atom. The lowest BCUT2D eigenvalue weighted by molar-refractivity contribution is -0.143. The number of hydrogen-bond acceptors (Lipinski definition) is 3. The molecule has 2 atom stereocenters. The van der Waals surface area contributed by atoms with Gasteiger partial charge in [-0.3, -0.25) is 9.59 Å². The van der Waals surface area contributed by atoms with Crippen LogP contribution in [0.3, 0.4) is 0 Å². The molecule has 4 N–H and O–H groups in total. The quantitative estimate of drug-likeness (QED) is 0.753. The Morgan fingerprint density at radius 3 is 2.33 bits per heavy atom. The van der Waals surface area contributed by atoms with Crippen LogP contribution in [-0.4, -0.2) is 28.2 Å². The molecule has 0 saturated heterocycles. The first kappa shape index (κ1) is 15.0. The Kier molecular flexibility index (Phi) is 4.55. The van der Waals surface area contributed by atoms with Crippen molar-refractivity contribution in [1.29, 1.82) is 0 Å². The summed E-state index contributed by atoms with van der Waals surface area (Å²) in [4.78, 5) is 22.2. The molecule has 110 valence electrons. The summed E-state index contributed by atoms with van der Waals surface area (Å²) in [6.07, 6.45) is 0.172. The van der Waals surface area contributed by atoms with Crippen LogP contribution in [0.25, 0.3) is 10.8 Å². The summed E-state index contributed by atoms with van der Waals surface area (Å²) in [5.41, 5.74) is 6.35. The average Bonchev–Trinajstić information content (AvgIpc) is 2.46. The number of carboxylic acid groups (broad SMARTS) is 2. The Morgan fingerprint density at radius 2 is 1.67 bits per heavy atom. The number of nitrogens with two attached hydrogens (primary N) is 1. The minimum atomic E-state index is -1.18. The highest BCUT2D eigenvalue weighted by Crippen LogP contribution is 2.23. The van der Waals surface area contributed by atoms with Gasteiger partial charge < -0.3 is 15.9 Å². The van der Waals surface area contributed by atoms with Crippen molar-refractivity contribution in [2.24, 2.45) is 11.7 Å². The molecule has 0 heterocycles. The largest absolute Gasteiger partial charge is 0.481 e. The normalized spacial score (nSPS) is 13.8. The van der Waals surface area contributed by atoms with Crippen LogP contribution in [-0.2, 0) is 16.0 Å². The summed E-state index contributed by atoms with van der Waals surface area (Å²) in [5.74, 6) is -3.03. The first-order chi connectivity index (χ1) is 9.99.